The second-order valence-electron chi connectivity index (χ2n) is 7.45. The fraction of sp³-hybridized carbons (Fsp3) is 0.300. The molecule has 3 rings (SSSR count). The number of amides is 4. The molecule has 176 valence electrons. The van der Waals surface area contributed by atoms with Crippen molar-refractivity contribution < 1.29 is 36.0 Å². The maximum Gasteiger partial charge on any atom is 0.501 e. The Kier molecular flexibility index (Phi) is 6.20. The number of carbonyl (C=O) groups is 3. The first-order valence-corrected chi connectivity index (χ1v) is 11.0. The Balaban J connectivity index is 1.86. The van der Waals surface area contributed by atoms with E-state index in [1.54, 1.807) is 20.2 Å². The molecule has 1 aliphatic heterocycles. The number of alkyl halides is 3. The van der Waals surface area contributed by atoms with E-state index < -0.39 is 38.2 Å². The zero-order chi connectivity index (χ0) is 24.7. The number of pyridine rings is 1. The number of urea groups is 1. The first-order valence-electron chi connectivity index (χ1n) is 9.48. The van der Waals surface area contributed by atoms with Crippen molar-refractivity contribution in [1.29, 1.82) is 0 Å². The monoisotopic (exact) mass is 484 g/mol. The summed E-state index contributed by atoms with van der Waals surface area (Å²) in [6.07, 6.45) is 1.40. The number of rotatable bonds is 5. The number of aromatic nitrogens is 1. The molecule has 0 bridgehead atoms. The molecule has 1 atom stereocenters. The Labute approximate surface area is 187 Å². The number of benzene rings is 1. The first-order chi connectivity index (χ1) is 15.3. The number of imide groups is 1. The third-order valence-corrected chi connectivity index (χ3v) is 6.50. The van der Waals surface area contributed by atoms with Crippen molar-refractivity contribution >= 4 is 33.4 Å². The van der Waals surface area contributed by atoms with E-state index in [2.05, 4.69) is 4.98 Å². The van der Waals surface area contributed by atoms with Crippen molar-refractivity contribution in [2.45, 2.75) is 29.9 Å². The van der Waals surface area contributed by atoms with Gasteiger partial charge in [-0.1, -0.05) is 0 Å². The van der Waals surface area contributed by atoms with Crippen LogP contribution in [0.25, 0.3) is 0 Å². The summed E-state index contributed by atoms with van der Waals surface area (Å²) in [6, 6.07) is 4.73. The van der Waals surface area contributed by atoms with Gasteiger partial charge in [-0.05, 0) is 48.9 Å². The van der Waals surface area contributed by atoms with E-state index in [4.69, 9.17) is 0 Å². The molecule has 33 heavy (non-hydrogen) atoms. The Morgan fingerprint density at radius 3 is 2.27 bits per heavy atom. The van der Waals surface area contributed by atoms with Crippen LogP contribution in [0.1, 0.15) is 23.0 Å². The van der Waals surface area contributed by atoms with Crippen LogP contribution < -0.4 is 4.90 Å². The quantitative estimate of drug-likeness (QED) is 0.604. The highest BCUT2D eigenvalue weighted by molar-refractivity contribution is 7.92. The summed E-state index contributed by atoms with van der Waals surface area (Å²) in [5.74, 6) is -0.977. The molecule has 1 fully saturated rings. The fourth-order valence-electron chi connectivity index (χ4n) is 3.17. The molecule has 4 amide bonds. The molecule has 0 radical (unpaired) electrons. The van der Waals surface area contributed by atoms with Crippen LogP contribution in [0, 0.1) is 0 Å². The highest BCUT2D eigenvalue weighted by Crippen LogP contribution is 2.32. The molecule has 2 aromatic rings. The van der Waals surface area contributed by atoms with Crippen molar-refractivity contribution in [2.75, 3.05) is 19.0 Å². The zero-order valence-electron chi connectivity index (χ0n) is 17.7. The normalized spacial score (nSPS) is 17.0. The first kappa shape index (κ1) is 24.2. The smallest absolute Gasteiger partial charge is 0.343 e. The molecule has 1 aliphatic rings. The standard InChI is InChI=1S/C20H19F3N4O5S/c1-12-17(28)27(14-4-6-15(7-5-14)33(31,32)20(21,22)23)19(30)26(12)11-13-8-9-24-16(10-13)18(29)25(2)3/h4-10,12H,11H2,1-3H3. The third-order valence-electron chi connectivity index (χ3n) is 4.99. The average Bonchev–Trinajstić information content (AvgIpc) is 2.95. The molecule has 0 spiro atoms. The van der Waals surface area contributed by atoms with Gasteiger partial charge in [0.15, 0.2) is 0 Å². The van der Waals surface area contributed by atoms with E-state index in [1.165, 1.54) is 29.0 Å². The minimum absolute atomic E-state index is 0.0288. The second kappa shape index (κ2) is 8.46. The molecule has 9 nitrogen and oxygen atoms in total. The van der Waals surface area contributed by atoms with E-state index in [0.717, 1.165) is 17.0 Å². The van der Waals surface area contributed by atoms with Gasteiger partial charge in [0.2, 0.25) is 0 Å². The lowest BCUT2D eigenvalue weighted by molar-refractivity contribution is -0.119. The number of hydrogen-bond acceptors (Lipinski definition) is 6. The zero-order valence-corrected chi connectivity index (χ0v) is 18.5. The number of carbonyl (C=O) groups excluding carboxylic acids is 3. The van der Waals surface area contributed by atoms with Gasteiger partial charge in [0.1, 0.15) is 11.7 Å². The third kappa shape index (κ3) is 4.40. The Bertz CT molecular complexity index is 1210. The minimum atomic E-state index is -5.56. The number of nitrogens with zero attached hydrogens (tertiary/aromatic N) is 4. The van der Waals surface area contributed by atoms with Gasteiger partial charge >= 0.3 is 11.5 Å². The van der Waals surface area contributed by atoms with Gasteiger partial charge in [-0.25, -0.2) is 18.1 Å². The van der Waals surface area contributed by atoms with Crippen LogP contribution in [0.2, 0.25) is 0 Å². The summed E-state index contributed by atoms with van der Waals surface area (Å²) in [5.41, 5.74) is -4.85. The van der Waals surface area contributed by atoms with Crippen LogP contribution in [0.15, 0.2) is 47.5 Å². The van der Waals surface area contributed by atoms with Gasteiger partial charge in [-0.15, -0.1) is 0 Å². The van der Waals surface area contributed by atoms with Gasteiger partial charge < -0.3 is 9.80 Å². The molecule has 0 saturated carbocycles. The van der Waals surface area contributed by atoms with Crippen LogP contribution in [0.4, 0.5) is 23.7 Å². The Morgan fingerprint density at radius 1 is 1.12 bits per heavy atom. The fourth-order valence-corrected chi connectivity index (χ4v) is 3.94. The van der Waals surface area contributed by atoms with Gasteiger partial charge in [-0.3, -0.25) is 14.6 Å². The SMILES string of the molecule is CC1C(=O)N(c2ccc(S(=O)(=O)C(F)(F)F)cc2)C(=O)N1Cc1ccnc(C(=O)N(C)C)c1. The van der Waals surface area contributed by atoms with Gasteiger partial charge in [0.25, 0.3) is 21.7 Å². The summed E-state index contributed by atoms with van der Waals surface area (Å²) in [5, 5.41) is 0. The summed E-state index contributed by atoms with van der Waals surface area (Å²) in [7, 11) is -2.44. The van der Waals surface area contributed by atoms with E-state index >= 15 is 0 Å². The molecular formula is C20H19F3N4O5S. The number of anilines is 1. The van der Waals surface area contributed by atoms with Crippen LogP contribution >= 0.6 is 0 Å². The van der Waals surface area contributed by atoms with Gasteiger partial charge in [-0.2, -0.15) is 13.2 Å². The predicted octanol–water partition coefficient (Wildman–Crippen LogP) is 2.43. The van der Waals surface area contributed by atoms with Gasteiger partial charge in [0.05, 0.1) is 10.6 Å². The minimum Gasteiger partial charge on any atom is -0.343 e. The summed E-state index contributed by atoms with van der Waals surface area (Å²) >= 11 is 0. The number of hydrogen-bond donors (Lipinski definition) is 0. The van der Waals surface area contributed by atoms with E-state index in [9.17, 15) is 36.0 Å². The van der Waals surface area contributed by atoms with Crippen LogP contribution in [0.3, 0.4) is 0 Å². The predicted molar refractivity (Wildman–Crippen MR) is 110 cm³/mol. The summed E-state index contributed by atoms with van der Waals surface area (Å²) < 4.78 is 61.3. The van der Waals surface area contributed by atoms with Crippen LogP contribution in [0.5, 0.6) is 0 Å². The summed E-state index contributed by atoms with van der Waals surface area (Å²) in [4.78, 5) is 44.1. The molecule has 1 unspecified atom stereocenters. The van der Waals surface area contributed by atoms with Crippen molar-refractivity contribution in [3.05, 3.63) is 53.9 Å². The molecule has 1 saturated heterocycles. The van der Waals surface area contributed by atoms with Crippen molar-refractivity contribution in [3.8, 4) is 0 Å². The van der Waals surface area contributed by atoms with Gasteiger partial charge in [0, 0.05) is 26.8 Å². The van der Waals surface area contributed by atoms with Crippen LogP contribution in [-0.4, -0.2) is 66.7 Å². The van der Waals surface area contributed by atoms with Crippen molar-refractivity contribution in [1.82, 2.24) is 14.8 Å². The number of sulfone groups is 1. The number of halogens is 3. The average molecular weight is 484 g/mol. The highest BCUT2D eigenvalue weighted by Gasteiger charge is 2.47. The van der Waals surface area contributed by atoms with Crippen LogP contribution in [-0.2, 0) is 21.2 Å². The Hall–Kier alpha value is -3.48. The molecule has 1 aromatic heterocycles. The lowest BCUT2D eigenvalue weighted by Gasteiger charge is -2.20. The molecule has 13 heteroatoms. The van der Waals surface area contributed by atoms with E-state index in [-0.39, 0.29) is 23.8 Å². The Morgan fingerprint density at radius 2 is 1.73 bits per heavy atom. The maximum absolute atomic E-state index is 12.9. The second-order valence-corrected chi connectivity index (χ2v) is 9.39. The molecule has 0 N–H and O–H groups in total. The molecule has 0 aliphatic carbocycles. The summed E-state index contributed by atoms with van der Waals surface area (Å²) in [6.45, 7) is 1.45. The largest absolute Gasteiger partial charge is 0.501 e. The molecule has 1 aromatic carbocycles. The maximum atomic E-state index is 12.9. The van der Waals surface area contributed by atoms with Crippen molar-refractivity contribution in [2.24, 2.45) is 0 Å². The topological polar surface area (TPSA) is 108 Å². The van der Waals surface area contributed by atoms with E-state index in [1.807, 2.05) is 0 Å². The van der Waals surface area contributed by atoms with E-state index in [0.29, 0.717) is 17.7 Å². The lowest BCUT2D eigenvalue weighted by Crippen LogP contribution is -2.33. The molecular weight excluding hydrogens is 465 g/mol. The highest BCUT2D eigenvalue weighted by atomic mass is 32.2. The van der Waals surface area contributed by atoms with Crippen molar-refractivity contribution in [3.63, 3.8) is 0 Å². The lowest BCUT2D eigenvalue weighted by atomic mass is 10.2. The molecule has 2 heterocycles.